The monoisotopic (exact) mass is 1510 g/mol. The van der Waals surface area contributed by atoms with Gasteiger partial charge in [-0.2, -0.15) is 0 Å². The van der Waals surface area contributed by atoms with Gasteiger partial charge in [-0.1, -0.05) is 394 Å². The van der Waals surface area contributed by atoms with E-state index in [9.17, 15) is 8.42 Å². The molecule has 0 aliphatic rings. The van der Waals surface area contributed by atoms with E-state index in [-0.39, 0.29) is 42.1 Å². The van der Waals surface area contributed by atoms with Crippen LogP contribution in [0.3, 0.4) is 0 Å². The van der Waals surface area contributed by atoms with E-state index in [4.69, 9.17) is 16.0 Å². The van der Waals surface area contributed by atoms with Gasteiger partial charge in [0, 0.05) is 20.4 Å². The fraction of sp³-hybridized carbons (Fsp3) is 0. The Bertz CT molecular complexity index is 4280. The van der Waals surface area contributed by atoms with E-state index >= 15 is 0 Å². The first-order chi connectivity index (χ1) is 49.4. The molecule has 0 N–H and O–H groups in total. The first-order valence-corrected chi connectivity index (χ1v) is 39.8. The minimum Gasteiger partial charge on any atom is -0.443 e. The summed E-state index contributed by atoms with van der Waals surface area (Å²) in [5, 5.41) is 17.1. The number of halogens is 1. The maximum atomic E-state index is 13.1. The predicted molar refractivity (Wildman–Crippen MR) is 430 cm³/mol. The van der Waals surface area contributed by atoms with Crippen LogP contribution >= 0.6 is 43.3 Å². The topological polar surface area (TPSA) is 78.0 Å². The molecule has 498 valence electrons. The first-order valence-electron chi connectivity index (χ1n) is 32.6. The minimum atomic E-state index is -3.86. The Labute approximate surface area is 616 Å². The van der Waals surface area contributed by atoms with Gasteiger partial charge in [-0.15, -0.1) is 0 Å². The molecule has 16 rings (SSSR count). The molecule has 0 atom stereocenters. The molecule has 13 heteroatoms. The van der Waals surface area contributed by atoms with E-state index in [1.807, 2.05) is 0 Å². The number of rotatable bonds is 15. The molecule has 0 aliphatic heterocycles. The molecule has 101 heavy (non-hydrogen) atoms. The van der Waals surface area contributed by atoms with Gasteiger partial charge >= 0.3 is 0 Å². The summed E-state index contributed by atoms with van der Waals surface area (Å²) in [7, 11) is -5.64. The third-order valence-corrected chi connectivity index (χ3v) is 27.4. The zero-order valence-electron chi connectivity index (χ0n) is 54.9. The van der Waals surface area contributed by atoms with Crippen LogP contribution in [-0.2, 0) is 30.4 Å². The quantitative estimate of drug-likeness (QED) is 0.0581. The first kappa shape index (κ1) is 72.6. The van der Waals surface area contributed by atoms with Crippen molar-refractivity contribution in [3.63, 3.8) is 0 Å². The van der Waals surface area contributed by atoms with Crippen molar-refractivity contribution in [3.8, 4) is 11.6 Å². The molecule has 0 bridgehead atoms. The van der Waals surface area contributed by atoms with E-state index in [0.717, 1.165) is 0 Å². The number of pyridine rings is 1. The Balaban J connectivity index is 0.000000127. The number of aromatic nitrogens is 3. The van der Waals surface area contributed by atoms with Gasteiger partial charge in [-0.3, -0.25) is 0 Å². The van der Waals surface area contributed by atoms with Gasteiger partial charge in [0.05, 0.1) is 22.1 Å². The van der Waals surface area contributed by atoms with Gasteiger partial charge < -0.3 is 4.42 Å². The molecule has 16 aromatic rings. The molecule has 0 radical (unpaired) electrons. The van der Waals surface area contributed by atoms with Gasteiger partial charge in [0.25, 0.3) is 10.0 Å². The number of fused-ring (bicyclic) bond motifs is 1. The third kappa shape index (κ3) is 19.5. The normalized spacial score (nSPS) is 10.8. The third-order valence-electron chi connectivity index (χ3n) is 15.7. The van der Waals surface area contributed by atoms with Crippen LogP contribution in [0.15, 0.2) is 434 Å². The molecule has 6 nitrogen and oxygen atoms in total. The van der Waals surface area contributed by atoms with Crippen LogP contribution in [0, 0.1) is 0 Å². The SMILES string of the molecule is O=S(=O)(c1ccccc1)n1c(-c2ncco2)cc2nc(Cl)ccc21.[Pd].c1ccc(P(c2ccccc2)c2ccccc2)cc1.c1ccc(P(c2ccccc2)c2ccccc2)cc1.c1ccc(P(c2ccccc2)c2ccccc2)cc1.c1ccc(P(c2ccccc2)c2ccccc2)cc1. The van der Waals surface area contributed by atoms with Gasteiger partial charge in [0.2, 0.25) is 5.89 Å². The summed E-state index contributed by atoms with van der Waals surface area (Å²) in [5.41, 5.74) is 1.13. The molecule has 13 aromatic carbocycles. The predicted octanol–water partition coefficient (Wildman–Crippen LogP) is 17.4. The van der Waals surface area contributed by atoms with Crippen LogP contribution in [0.1, 0.15) is 0 Å². The average molecular weight is 1520 g/mol. The van der Waals surface area contributed by atoms with Gasteiger partial charge in [0.1, 0.15) is 17.1 Å². The molecule has 0 unspecified atom stereocenters. The Hall–Kier alpha value is -9.62. The number of benzene rings is 13. The van der Waals surface area contributed by atoms with Crippen molar-refractivity contribution < 1.29 is 33.3 Å². The Morgan fingerprint density at radius 1 is 0.297 bits per heavy atom. The summed E-state index contributed by atoms with van der Waals surface area (Å²) >= 11 is 5.93. The van der Waals surface area contributed by atoms with Crippen LogP contribution in [0.2, 0.25) is 5.15 Å². The smallest absolute Gasteiger partial charge is 0.268 e. The van der Waals surface area contributed by atoms with Crippen LogP contribution in [-0.4, -0.2) is 22.4 Å². The molecular weight excluding hydrogens is 1440 g/mol. The zero-order valence-corrected chi connectivity index (χ0v) is 61.6. The van der Waals surface area contributed by atoms with Crippen molar-refractivity contribution in [2.45, 2.75) is 4.90 Å². The van der Waals surface area contributed by atoms with Crippen molar-refractivity contribution in [1.82, 2.24) is 13.9 Å². The number of oxazole rings is 1. The van der Waals surface area contributed by atoms with Gasteiger partial charge in [-0.05, 0) is 126 Å². The standard InChI is InChI=1S/4C18H15P.C16H10ClN3O3S.Pd/c4*1-4-10-16(11-5-1)19(17-12-6-2-7-13-17)18-14-8-3-9-15-18;17-15-7-6-13-12(19-15)10-14(16-18-8-9-23-16)20(13)24(21,22)11-4-2-1-3-5-11;/h4*1-15H;1-10H;. The van der Waals surface area contributed by atoms with Crippen molar-refractivity contribution in [1.29, 1.82) is 0 Å². The zero-order chi connectivity index (χ0) is 68.4. The maximum absolute atomic E-state index is 13.1. The minimum absolute atomic E-state index is 0. The van der Waals surface area contributed by atoms with E-state index in [0.29, 0.717) is 11.0 Å². The van der Waals surface area contributed by atoms with E-state index in [1.54, 1.807) is 36.4 Å². The van der Waals surface area contributed by atoms with Crippen molar-refractivity contribution in [3.05, 3.63) is 430 Å². The van der Waals surface area contributed by atoms with Crippen LogP contribution in [0.5, 0.6) is 0 Å². The molecule has 0 aliphatic carbocycles. The van der Waals surface area contributed by atoms with E-state index in [1.165, 1.54) is 92.2 Å². The molecular formula is C88H70ClN3O3P4PdS. The van der Waals surface area contributed by atoms with Crippen LogP contribution in [0.4, 0.5) is 0 Å². The second-order valence-electron chi connectivity index (χ2n) is 22.4. The fourth-order valence-corrected chi connectivity index (χ4v) is 22.1. The molecule has 0 spiro atoms. The second-order valence-corrected chi connectivity index (χ2v) is 33.4. The van der Waals surface area contributed by atoms with E-state index < -0.39 is 41.7 Å². The molecule has 0 saturated heterocycles. The molecule has 0 fully saturated rings. The summed E-state index contributed by atoms with van der Waals surface area (Å²) in [4.78, 5) is 8.40. The summed E-state index contributed by atoms with van der Waals surface area (Å²) < 4.78 is 32.8. The Morgan fingerprint density at radius 3 is 0.723 bits per heavy atom. The van der Waals surface area contributed by atoms with Crippen LogP contribution in [0.25, 0.3) is 22.6 Å². The Morgan fingerprint density at radius 2 is 0.515 bits per heavy atom. The number of nitrogens with zero attached hydrogens (tertiary/aromatic N) is 3. The van der Waals surface area contributed by atoms with Gasteiger partial charge in [0.15, 0.2) is 0 Å². The number of hydrogen-bond donors (Lipinski definition) is 0. The van der Waals surface area contributed by atoms with Crippen molar-refractivity contribution in [2.24, 2.45) is 0 Å². The molecule has 3 aromatic heterocycles. The fourth-order valence-electron chi connectivity index (χ4n) is 11.2. The Kier molecular flexibility index (Phi) is 27.1. The van der Waals surface area contributed by atoms with Gasteiger partial charge in [-0.25, -0.2) is 22.4 Å². The van der Waals surface area contributed by atoms with E-state index in [2.05, 4.69) is 374 Å². The molecule has 0 amide bonds. The van der Waals surface area contributed by atoms with Crippen molar-refractivity contribution >= 4 is 128 Å². The summed E-state index contributed by atoms with van der Waals surface area (Å²) in [6.07, 6.45) is 2.83. The average Bonchev–Trinajstić information content (AvgIpc) is 1.60. The van der Waals surface area contributed by atoms with Crippen LogP contribution < -0.4 is 63.7 Å². The summed E-state index contributed by atoms with van der Waals surface area (Å²) in [6.45, 7) is 0. The van der Waals surface area contributed by atoms with Crippen molar-refractivity contribution in [2.75, 3.05) is 0 Å². The maximum Gasteiger partial charge on any atom is 0.268 e. The molecule has 0 saturated carbocycles. The molecule has 3 heterocycles. The summed E-state index contributed by atoms with van der Waals surface area (Å²) in [5.74, 6) is 0.184. The number of hydrogen-bond acceptors (Lipinski definition) is 5. The second kappa shape index (κ2) is 37.7. The summed E-state index contributed by atoms with van der Waals surface area (Å²) in [6, 6.07) is 142. The largest absolute Gasteiger partial charge is 0.443 e.